The van der Waals surface area contributed by atoms with E-state index in [0.29, 0.717) is 18.7 Å². The summed E-state index contributed by atoms with van der Waals surface area (Å²) in [6.45, 7) is 7.45. The fourth-order valence-electron chi connectivity index (χ4n) is 1.80. The molecule has 1 aromatic carbocycles. The summed E-state index contributed by atoms with van der Waals surface area (Å²) < 4.78 is 45.8. The minimum Gasteiger partial charge on any atom is -0.380 e. The van der Waals surface area contributed by atoms with Gasteiger partial charge in [0.1, 0.15) is 10.7 Å². The quantitative estimate of drug-likeness (QED) is 0.726. The van der Waals surface area contributed by atoms with Gasteiger partial charge in [0.25, 0.3) is 0 Å². The first-order chi connectivity index (χ1) is 9.90. The molecule has 1 unspecified atom stereocenters. The van der Waals surface area contributed by atoms with Gasteiger partial charge in [-0.3, -0.25) is 0 Å². The molecule has 0 aliphatic heterocycles. The van der Waals surface area contributed by atoms with Crippen molar-refractivity contribution in [2.75, 3.05) is 19.8 Å². The second-order valence-electron chi connectivity index (χ2n) is 4.73. The molecule has 0 bridgehead atoms. The molecule has 0 fully saturated rings. The van der Waals surface area contributed by atoms with E-state index >= 15 is 0 Å². The number of hydrogen-bond donors (Lipinski definition) is 2. The van der Waals surface area contributed by atoms with Gasteiger partial charge in [-0.25, -0.2) is 17.5 Å². The van der Waals surface area contributed by atoms with E-state index in [1.54, 1.807) is 13.0 Å². The Balaban J connectivity index is 2.83. The van der Waals surface area contributed by atoms with Crippen molar-refractivity contribution >= 4 is 10.0 Å². The fraction of sp³-hybridized carbons (Fsp3) is 0.571. The second-order valence-corrected chi connectivity index (χ2v) is 6.41. The highest BCUT2D eigenvalue weighted by molar-refractivity contribution is 7.89. The summed E-state index contributed by atoms with van der Waals surface area (Å²) in [6.07, 6.45) is 0. The highest BCUT2D eigenvalue weighted by Crippen LogP contribution is 2.16. The van der Waals surface area contributed by atoms with Crippen LogP contribution < -0.4 is 10.0 Å². The predicted molar refractivity (Wildman–Crippen MR) is 80.1 cm³/mol. The number of hydrogen-bond acceptors (Lipinski definition) is 4. The molecule has 120 valence electrons. The third kappa shape index (κ3) is 5.70. The van der Waals surface area contributed by atoms with E-state index in [4.69, 9.17) is 4.74 Å². The highest BCUT2D eigenvalue weighted by Gasteiger charge is 2.21. The molecule has 2 N–H and O–H groups in total. The number of halogens is 1. The van der Waals surface area contributed by atoms with Gasteiger partial charge in [-0.05, 0) is 38.1 Å². The largest absolute Gasteiger partial charge is 0.380 e. The van der Waals surface area contributed by atoms with E-state index in [0.717, 1.165) is 6.54 Å². The van der Waals surface area contributed by atoms with Gasteiger partial charge in [0.05, 0.1) is 6.61 Å². The molecule has 0 spiro atoms. The molecule has 0 aliphatic carbocycles. The first-order valence-electron chi connectivity index (χ1n) is 7.00. The third-order valence-electron chi connectivity index (χ3n) is 2.79. The van der Waals surface area contributed by atoms with Crippen LogP contribution in [-0.2, 0) is 21.3 Å². The molecule has 1 aromatic rings. The smallest absolute Gasteiger partial charge is 0.243 e. The molecule has 0 saturated carbocycles. The lowest BCUT2D eigenvalue weighted by molar-refractivity contribution is 0.133. The van der Waals surface area contributed by atoms with Crippen LogP contribution >= 0.6 is 0 Å². The first kappa shape index (κ1) is 18.0. The van der Waals surface area contributed by atoms with Gasteiger partial charge in [-0.1, -0.05) is 13.0 Å². The Hall–Kier alpha value is -1.02. The van der Waals surface area contributed by atoms with Gasteiger partial charge in [0, 0.05) is 19.2 Å². The van der Waals surface area contributed by atoms with Gasteiger partial charge in [-0.2, -0.15) is 0 Å². The Morgan fingerprint density at radius 2 is 2.05 bits per heavy atom. The minimum absolute atomic E-state index is 0.246. The summed E-state index contributed by atoms with van der Waals surface area (Å²) in [5.41, 5.74) is 0.704. The summed E-state index contributed by atoms with van der Waals surface area (Å²) in [5, 5.41) is 3.06. The van der Waals surface area contributed by atoms with Crippen molar-refractivity contribution in [1.29, 1.82) is 0 Å². The number of benzene rings is 1. The summed E-state index contributed by atoms with van der Waals surface area (Å²) in [7, 11) is -3.88. The van der Waals surface area contributed by atoms with Crippen LogP contribution in [0.1, 0.15) is 26.3 Å². The molecular formula is C14H23FN2O3S. The number of rotatable bonds is 9. The average molecular weight is 318 g/mol. The molecule has 5 nitrogen and oxygen atoms in total. The number of sulfonamides is 1. The summed E-state index contributed by atoms with van der Waals surface area (Å²) in [5.74, 6) is -0.749. The van der Waals surface area contributed by atoms with Gasteiger partial charge < -0.3 is 10.1 Å². The Morgan fingerprint density at radius 1 is 1.33 bits per heavy atom. The van der Waals surface area contributed by atoms with Crippen LogP contribution in [0.4, 0.5) is 4.39 Å². The summed E-state index contributed by atoms with van der Waals surface area (Å²) in [4.78, 5) is -0.342. The molecule has 0 heterocycles. The fourth-order valence-corrected chi connectivity index (χ4v) is 3.09. The van der Waals surface area contributed by atoms with E-state index < -0.39 is 21.9 Å². The van der Waals surface area contributed by atoms with Crippen LogP contribution in [0, 0.1) is 5.82 Å². The standard InChI is InChI=1S/C14H23FN2O3S/c1-4-16-9-12-6-7-14(13(15)8-12)21(18,19)17-11(3)10-20-5-2/h6-8,11,16-17H,4-5,9-10H2,1-3H3. The molecule has 0 saturated heterocycles. The van der Waals surface area contributed by atoms with Gasteiger partial charge in [0.2, 0.25) is 10.0 Å². The molecule has 1 atom stereocenters. The maximum Gasteiger partial charge on any atom is 0.243 e. The van der Waals surface area contributed by atoms with E-state index in [9.17, 15) is 12.8 Å². The molecule has 0 radical (unpaired) electrons. The molecular weight excluding hydrogens is 295 g/mol. The van der Waals surface area contributed by atoms with Crippen molar-refractivity contribution in [3.05, 3.63) is 29.6 Å². The van der Waals surface area contributed by atoms with Crippen LogP contribution in [0.2, 0.25) is 0 Å². The zero-order chi connectivity index (χ0) is 15.9. The predicted octanol–water partition coefficient (Wildman–Crippen LogP) is 1.64. The molecule has 0 aromatic heterocycles. The summed E-state index contributed by atoms with van der Waals surface area (Å²) in [6, 6.07) is 3.71. The second kappa shape index (κ2) is 8.43. The van der Waals surface area contributed by atoms with Gasteiger partial charge in [-0.15, -0.1) is 0 Å². The lowest BCUT2D eigenvalue weighted by Gasteiger charge is -2.15. The lowest BCUT2D eigenvalue weighted by atomic mass is 10.2. The zero-order valence-electron chi connectivity index (χ0n) is 12.6. The maximum atomic E-state index is 14.0. The van der Waals surface area contributed by atoms with Crippen molar-refractivity contribution < 1.29 is 17.5 Å². The zero-order valence-corrected chi connectivity index (χ0v) is 13.5. The van der Waals surface area contributed by atoms with Crippen molar-refractivity contribution in [3.63, 3.8) is 0 Å². The average Bonchev–Trinajstić information content (AvgIpc) is 2.42. The summed E-state index contributed by atoms with van der Waals surface area (Å²) >= 11 is 0. The van der Waals surface area contributed by atoms with Crippen molar-refractivity contribution in [3.8, 4) is 0 Å². The van der Waals surface area contributed by atoms with Gasteiger partial charge >= 0.3 is 0 Å². The molecule has 0 amide bonds. The van der Waals surface area contributed by atoms with E-state index in [2.05, 4.69) is 10.0 Å². The minimum atomic E-state index is -3.88. The Kier molecular flexibility index (Phi) is 7.24. The van der Waals surface area contributed by atoms with Crippen molar-refractivity contribution in [2.45, 2.75) is 38.3 Å². The van der Waals surface area contributed by atoms with Crippen LogP contribution in [0.3, 0.4) is 0 Å². The molecule has 0 aliphatic rings. The van der Waals surface area contributed by atoms with E-state index in [1.165, 1.54) is 12.1 Å². The highest BCUT2D eigenvalue weighted by atomic mass is 32.2. The van der Waals surface area contributed by atoms with Crippen molar-refractivity contribution in [1.82, 2.24) is 10.0 Å². The number of ether oxygens (including phenoxy) is 1. The SMILES string of the molecule is CCNCc1ccc(S(=O)(=O)NC(C)COCC)c(F)c1. The first-order valence-corrected chi connectivity index (χ1v) is 8.48. The topological polar surface area (TPSA) is 67.4 Å². The Labute approximate surface area is 125 Å². The lowest BCUT2D eigenvalue weighted by Crippen LogP contribution is -2.36. The normalized spacial score (nSPS) is 13.3. The monoisotopic (exact) mass is 318 g/mol. The van der Waals surface area contributed by atoms with E-state index in [-0.39, 0.29) is 11.5 Å². The van der Waals surface area contributed by atoms with Gasteiger partial charge in [0.15, 0.2) is 0 Å². The maximum absolute atomic E-state index is 14.0. The van der Waals surface area contributed by atoms with Crippen LogP contribution in [-0.4, -0.2) is 34.2 Å². The third-order valence-corrected chi connectivity index (χ3v) is 4.42. The Bertz CT molecular complexity index is 549. The molecule has 1 rings (SSSR count). The molecule has 7 heteroatoms. The van der Waals surface area contributed by atoms with Crippen LogP contribution in [0.15, 0.2) is 23.1 Å². The van der Waals surface area contributed by atoms with E-state index in [1.807, 2.05) is 13.8 Å². The van der Waals surface area contributed by atoms with Crippen molar-refractivity contribution in [2.24, 2.45) is 0 Å². The van der Waals surface area contributed by atoms with Crippen LogP contribution in [0.5, 0.6) is 0 Å². The number of nitrogens with one attached hydrogen (secondary N) is 2. The Morgan fingerprint density at radius 3 is 2.62 bits per heavy atom. The van der Waals surface area contributed by atoms with Crippen LogP contribution in [0.25, 0.3) is 0 Å². The molecule has 21 heavy (non-hydrogen) atoms.